The fourth-order valence-electron chi connectivity index (χ4n) is 2.31. The van der Waals surface area contributed by atoms with Gasteiger partial charge in [0.1, 0.15) is 5.75 Å². The summed E-state index contributed by atoms with van der Waals surface area (Å²) in [4.78, 5) is 8.87. The van der Waals surface area contributed by atoms with Gasteiger partial charge in [-0.2, -0.15) is 10.5 Å². The molecule has 1 heterocycles. The standard InChI is InChI=1S/C19H12N4O/c1-24-18-10-14(12-21)4-7-16(18)17-8-9-22-19(23-17)15-5-2-13(11-20)3-6-15/h2-10H,1H3. The molecule has 0 atom stereocenters. The Labute approximate surface area is 139 Å². The first-order valence-electron chi connectivity index (χ1n) is 7.17. The molecule has 0 amide bonds. The maximum Gasteiger partial charge on any atom is 0.159 e. The van der Waals surface area contributed by atoms with Crippen LogP contribution in [0.4, 0.5) is 0 Å². The molecule has 24 heavy (non-hydrogen) atoms. The number of benzene rings is 2. The summed E-state index contributed by atoms with van der Waals surface area (Å²) < 4.78 is 5.37. The molecule has 0 spiro atoms. The summed E-state index contributed by atoms with van der Waals surface area (Å²) in [5.74, 6) is 1.14. The van der Waals surface area contributed by atoms with Crippen molar-refractivity contribution in [3.05, 3.63) is 65.9 Å². The van der Waals surface area contributed by atoms with Crippen LogP contribution in [0.25, 0.3) is 22.6 Å². The van der Waals surface area contributed by atoms with Crippen LogP contribution in [0.5, 0.6) is 5.75 Å². The third-order valence-corrected chi connectivity index (χ3v) is 3.53. The molecule has 2 aromatic carbocycles. The normalized spacial score (nSPS) is 9.79. The van der Waals surface area contributed by atoms with Crippen molar-refractivity contribution in [2.45, 2.75) is 0 Å². The van der Waals surface area contributed by atoms with Crippen LogP contribution < -0.4 is 4.74 Å². The molecule has 1 aromatic heterocycles. The van der Waals surface area contributed by atoms with Gasteiger partial charge in [0, 0.05) is 17.3 Å². The van der Waals surface area contributed by atoms with Gasteiger partial charge in [-0.1, -0.05) is 0 Å². The van der Waals surface area contributed by atoms with E-state index in [0.29, 0.717) is 28.4 Å². The summed E-state index contributed by atoms with van der Waals surface area (Å²) in [7, 11) is 1.56. The molecule has 5 nitrogen and oxygen atoms in total. The fourth-order valence-corrected chi connectivity index (χ4v) is 2.31. The van der Waals surface area contributed by atoms with Crippen LogP contribution in [0, 0.1) is 22.7 Å². The highest BCUT2D eigenvalue weighted by Crippen LogP contribution is 2.30. The number of hydrogen-bond donors (Lipinski definition) is 0. The van der Waals surface area contributed by atoms with Crippen molar-refractivity contribution in [1.82, 2.24) is 9.97 Å². The summed E-state index contributed by atoms with van der Waals surface area (Å²) in [5, 5.41) is 17.9. The Morgan fingerprint density at radius 2 is 1.62 bits per heavy atom. The molecular formula is C19H12N4O. The van der Waals surface area contributed by atoms with Crippen LogP contribution in [0.3, 0.4) is 0 Å². The third-order valence-electron chi connectivity index (χ3n) is 3.53. The van der Waals surface area contributed by atoms with Gasteiger partial charge < -0.3 is 4.74 Å². The van der Waals surface area contributed by atoms with Crippen molar-refractivity contribution in [3.63, 3.8) is 0 Å². The Morgan fingerprint density at radius 1 is 0.917 bits per heavy atom. The lowest BCUT2D eigenvalue weighted by Gasteiger charge is -2.09. The Hall–Kier alpha value is -3.70. The minimum atomic E-state index is 0.525. The van der Waals surface area contributed by atoms with Gasteiger partial charge in [-0.15, -0.1) is 0 Å². The lowest BCUT2D eigenvalue weighted by molar-refractivity contribution is 0.416. The highest BCUT2D eigenvalue weighted by Gasteiger charge is 2.10. The minimum absolute atomic E-state index is 0.525. The summed E-state index contributed by atoms with van der Waals surface area (Å²) in [6.07, 6.45) is 1.67. The molecule has 0 saturated heterocycles. The van der Waals surface area contributed by atoms with Crippen LogP contribution in [0.2, 0.25) is 0 Å². The Balaban J connectivity index is 2.05. The number of nitriles is 2. The van der Waals surface area contributed by atoms with Gasteiger partial charge in [0.2, 0.25) is 0 Å². The van der Waals surface area contributed by atoms with E-state index in [1.54, 1.807) is 43.6 Å². The van der Waals surface area contributed by atoms with E-state index < -0.39 is 0 Å². The Morgan fingerprint density at radius 3 is 2.29 bits per heavy atom. The van der Waals surface area contributed by atoms with Gasteiger partial charge in [0.25, 0.3) is 0 Å². The van der Waals surface area contributed by atoms with Crippen molar-refractivity contribution >= 4 is 0 Å². The molecule has 0 bridgehead atoms. The zero-order valence-corrected chi connectivity index (χ0v) is 12.9. The lowest BCUT2D eigenvalue weighted by atomic mass is 10.1. The highest BCUT2D eigenvalue weighted by molar-refractivity contribution is 5.70. The molecular weight excluding hydrogens is 300 g/mol. The first-order chi connectivity index (χ1) is 11.7. The summed E-state index contributed by atoms with van der Waals surface area (Å²) in [6, 6.07) is 18.3. The Bertz CT molecular complexity index is 966. The van der Waals surface area contributed by atoms with Crippen molar-refractivity contribution in [3.8, 4) is 40.5 Å². The molecule has 0 aliphatic rings. The average molecular weight is 312 g/mol. The van der Waals surface area contributed by atoms with E-state index in [2.05, 4.69) is 22.1 Å². The SMILES string of the molecule is COc1cc(C#N)ccc1-c1ccnc(-c2ccc(C#N)cc2)n1. The first kappa shape index (κ1) is 15.2. The van der Waals surface area contributed by atoms with E-state index in [9.17, 15) is 0 Å². The molecule has 0 saturated carbocycles. The topological polar surface area (TPSA) is 82.6 Å². The number of ether oxygens (including phenoxy) is 1. The maximum atomic E-state index is 9.00. The van der Waals surface area contributed by atoms with Gasteiger partial charge in [0.15, 0.2) is 5.82 Å². The van der Waals surface area contributed by atoms with E-state index >= 15 is 0 Å². The van der Waals surface area contributed by atoms with Crippen molar-refractivity contribution in [2.75, 3.05) is 7.11 Å². The van der Waals surface area contributed by atoms with Gasteiger partial charge in [-0.05, 0) is 48.5 Å². The molecule has 0 fully saturated rings. The van der Waals surface area contributed by atoms with E-state index in [1.165, 1.54) is 0 Å². The van der Waals surface area contributed by atoms with Crippen LogP contribution in [0.15, 0.2) is 54.7 Å². The zero-order valence-electron chi connectivity index (χ0n) is 12.9. The van der Waals surface area contributed by atoms with E-state index in [4.69, 9.17) is 15.3 Å². The minimum Gasteiger partial charge on any atom is -0.496 e. The van der Waals surface area contributed by atoms with Gasteiger partial charge in [-0.3, -0.25) is 0 Å². The first-order valence-corrected chi connectivity index (χ1v) is 7.17. The molecule has 114 valence electrons. The van der Waals surface area contributed by atoms with Crippen LogP contribution in [-0.4, -0.2) is 17.1 Å². The predicted octanol–water partition coefficient (Wildman–Crippen LogP) is 3.56. The fraction of sp³-hybridized carbons (Fsp3) is 0.0526. The van der Waals surface area contributed by atoms with E-state index in [1.807, 2.05) is 18.2 Å². The smallest absolute Gasteiger partial charge is 0.159 e. The van der Waals surface area contributed by atoms with Crippen LogP contribution in [0.1, 0.15) is 11.1 Å². The molecule has 0 unspecified atom stereocenters. The molecule has 3 aromatic rings. The monoisotopic (exact) mass is 312 g/mol. The molecule has 0 N–H and O–H groups in total. The largest absolute Gasteiger partial charge is 0.496 e. The highest BCUT2D eigenvalue weighted by atomic mass is 16.5. The average Bonchev–Trinajstić information content (AvgIpc) is 2.67. The zero-order chi connectivity index (χ0) is 16.9. The number of hydrogen-bond acceptors (Lipinski definition) is 5. The number of nitrogens with zero attached hydrogens (tertiary/aromatic N) is 4. The van der Waals surface area contributed by atoms with Crippen molar-refractivity contribution in [1.29, 1.82) is 10.5 Å². The summed E-state index contributed by atoms with van der Waals surface area (Å²) >= 11 is 0. The quantitative estimate of drug-likeness (QED) is 0.738. The second-order valence-electron chi connectivity index (χ2n) is 4.98. The van der Waals surface area contributed by atoms with Gasteiger partial charge in [-0.25, -0.2) is 9.97 Å². The van der Waals surface area contributed by atoms with Crippen LogP contribution in [-0.2, 0) is 0 Å². The van der Waals surface area contributed by atoms with Crippen molar-refractivity contribution in [2.24, 2.45) is 0 Å². The van der Waals surface area contributed by atoms with Gasteiger partial charge >= 0.3 is 0 Å². The summed E-state index contributed by atoms with van der Waals surface area (Å²) in [5.41, 5.74) is 3.42. The second kappa shape index (κ2) is 6.60. The van der Waals surface area contributed by atoms with E-state index in [-0.39, 0.29) is 0 Å². The predicted molar refractivity (Wildman–Crippen MR) is 88.9 cm³/mol. The molecule has 3 rings (SSSR count). The molecule has 0 aliphatic carbocycles. The molecule has 0 radical (unpaired) electrons. The molecule has 0 aliphatic heterocycles. The van der Waals surface area contributed by atoms with Gasteiger partial charge in [0.05, 0.1) is 36.1 Å². The number of rotatable bonds is 3. The Kier molecular flexibility index (Phi) is 4.18. The number of methoxy groups -OCH3 is 1. The van der Waals surface area contributed by atoms with E-state index in [0.717, 1.165) is 11.1 Å². The maximum absolute atomic E-state index is 9.00. The number of aromatic nitrogens is 2. The summed E-state index contributed by atoms with van der Waals surface area (Å²) in [6.45, 7) is 0. The second-order valence-corrected chi connectivity index (χ2v) is 4.98. The van der Waals surface area contributed by atoms with Crippen molar-refractivity contribution < 1.29 is 4.74 Å². The van der Waals surface area contributed by atoms with Crippen LogP contribution >= 0.6 is 0 Å². The third kappa shape index (κ3) is 2.92. The lowest BCUT2D eigenvalue weighted by Crippen LogP contribution is -1.94. The molecule has 5 heteroatoms.